The average Bonchev–Trinajstić information content (AvgIpc) is 2.96. The quantitative estimate of drug-likeness (QED) is 0.844. The second-order valence-electron chi connectivity index (χ2n) is 3.79. The Labute approximate surface area is 120 Å². The second kappa shape index (κ2) is 6.12. The van der Waals surface area contributed by atoms with E-state index >= 15 is 0 Å². The molecule has 8 heteroatoms. The van der Waals surface area contributed by atoms with Crippen molar-refractivity contribution in [3.63, 3.8) is 0 Å². The molecule has 0 fully saturated rings. The Morgan fingerprint density at radius 1 is 1.35 bits per heavy atom. The topological polar surface area (TPSA) is 85.4 Å². The molecule has 1 aromatic carbocycles. The van der Waals surface area contributed by atoms with Crippen molar-refractivity contribution >= 4 is 27.3 Å². The molecular formula is C12H12N2O4S2. The van der Waals surface area contributed by atoms with E-state index in [0.717, 1.165) is 16.9 Å². The second-order valence-corrected chi connectivity index (χ2v) is 6.61. The van der Waals surface area contributed by atoms with Crippen LogP contribution in [-0.2, 0) is 21.3 Å². The summed E-state index contributed by atoms with van der Waals surface area (Å²) in [6, 6.07) is 9.08. The monoisotopic (exact) mass is 312 g/mol. The van der Waals surface area contributed by atoms with Gasteiger partial charge in [-0.05, 0) is 5.56 Å². The number of nitrogens with one attached hydrogen (secondary N) is 1. The first-order valence-electron chi connectivity index (χ1n) is 5.60. The molecular weight excluding hydrogens is 300 g/mol. The van der Waals surface area contributed by atoms with E-state index in [9.17, 15) is 13.2 Å². The Balaban J connectivity index is 2.19. The molecule has 0 aliphatic rings. The maximum atomic E-state index is 12.2. The number of carbonyl (C=O) groups excluding carboxylic acids is 1. The van der Waals surface area contributed by atoms with Crippen LogP contribution in [0.3, 0.4) is 0 Å². The summed E-state index contributed by atoms with van der Waals surface area (Å²) in [5.74, 6) is -0.772. The van der Waals surface area contributed by atoms with Gasteiger partial charge in [0.25, 0.3) is 10.0 Å². The van der Waals surface area contributed by atoms with E-state index in [1.54, 1.807) is 12.1 Å². The number of esters is 1. The van der Waals surface area contributed by atoms with Gasteiger partial charge in [0.2, 0.25) is 0 Å². The Bertz CT molecular complexity index is 695. The fourth-order valence-corrected chi connectivity index (χ4v) is 3.69. The molecule has 0 saturated carbocycles. The number of rotatable bonds is 5. The fourth-order valence-electron chi connectivity index (χ4n) is 1.50. The predicted octanol–water partition coefficient (Wildman–Crippen LogP) is 1.41. The van der Waals surface area contributed by atoms with Gasteiger partial charge in [-0.2, -0.15) is 0 Å². The molecule has 20 heavy (non-hydrogen) atoms. The van der Waals surface area contributed by atoms with Crippen molar-refractivity contribution in [3.8, 4) is 0 Å². The van der Waals surface area contributed by atoms with Crippen molar-refractivity contribution in [1.29, 1.82) is 0 Å². The zero-order chi connectivity index (χ0) is 14.6. The van der Waals surface area contributed by atoms with Gasteiger partial charge in [0.1, 0.15) is 0 Å². The van der Waals surface area contributed by atoms with Gasteiger partial charge in [0, 0.05) is 6.54 Å². The standard InChI is InChI=1S/C12H12N2O4S2/c1-18-11(15)10-12(19-8-13-10)20(16,17)14-7-9-5-3-2-4-6-9/h2-6,8,14H,7H2,1H3. The summed E-state index contributed by atoms with van der Waals surface area (Å²) in [5.41, 5.74) is 1.92. The molecule has 0 amide bonds. The van der Waals surface area contributed by atoms with Crippen molar-refractivity contribution in [1.82, 2.24) is 9.71 Å². The van der Waals surface area contributed by atoms with Crippen LogP contribution in [0.4, 0.5) is 0 Å². The van der Waals surface area contributed by atoms with Gasteiger partial charge in [-0.1, -0.05) is 30.3 Å². The van der Waals surface area contributed by atoms with Gasteiger partial charge < -0.3 is 4.74 Å². The first-order chi connectivity index (χ1) is 9.54. The maximum Gasteiger partial charge on any atom is 0.358 e. The van der Waals surface area contributed by atoms with Gasteiger partial charge in [-0.15, -0.1) is 11.3 Å². The molecule has 1 heterocycles. The minimum absolute atomic E-state index is 0.139. The van der Waals surface area contributed by atoms with Gasteiger partial charge >= 0.3 is 5.97 Å². The number of methoxy groups -OCH3 is 1. The molecule has 106 valence electrons. The summed E-state index contributed by atoms with van der Waals surface area (Å²) in [6.07, 6.45) is 0. The number of sulfonamides is 1. The molecule has 0 aliphatic carbocycles. The van der Waals surface area contributed by atoms with Gasteiger partial charge in [-0.3, -0.25) is 0 Å². The number of aromatic nitrogens is 1. The van der Waals surface area contributed by atoms with Crippen LogP contribution in [0.5, 0.6) is 0 Å². The van der Waals surface area contributed by atoms with E-state index in [1.807, 2.05) is 18.2 Å². The Kier molecular flexibility index (Phi) is 4.48. The lowest BCUT2D eigenvalue weighted by molar-refractivity contribution is 0.0590. The maximum absolute atomic E-state index is 12.2. The minimum Gasteiger partial charge on any atom is -0.464 e. The minimum atomic E-state index is -3.80. The highest BCUT2D eigenvalue weighted by Crippen LogP contribution is 2.20. The van der Waals surface area contributed by atoms with E-state index in [1.165, 1.54) is 12.6 Å². The summed E-state index contributed by atoms with van der Waals surface area (Å²) < 4.78 is 31.1. The largest absolute Gasteiger partial charge is 0.464 e. The molecule has 2 aromatic rings. The lowest BCUT2D eigenvalue weighted by atomic mass is 10.2. The van der Waals surface area contributed by atoms with Crippen molar-refractivity contribution in [2.45, 2.75) is 10.8 Å². The number of thiazole rings is 1. The SMILES string of the molecule is COC(=O)c1ncsc1S(=O)(=O)NCc1ccccc1. The Morgan fingerprint density at radius 2 is 2.05 bits per heavy atom. The first-order valence-corrected chi connectivity index (χ1v) is 7.96. The molecule has 0 saturated heterocycles. The number of benzene rings is 1. The number of nitrogens with zero attached hydrogens (tertiary/aromatic N) is 1. The molecule has 0 atom stereocenters. The van der Waals surface area contributed by atoms with Gasteiger partial charge in [0.05, 0.1) is 12.6 Å². The molecule has 1 aromatic heterocycles. The van der Waals surface area contributed by atoms with Crippen LogP contribution in [0.25, 0.3) is 0 Å². The summed E-state index contributed by atoms with van der Waals surface area (Å²) in [7, 11) is -2.62. The fraction of sp³-hybridized carbons (Fsp3) is 0.167. The first kappa shape index (κ1) is 14.6. The van der Waals surface area contributed by atoms with Crippen molar-refractivity contribution < 1.29 is 17.9 Å². The molecule has 0 unspecified atom stereocenters. The summed E-state index contributed by atoms with van der Waals surface area (Å²) in [4.78, 5) is 15.2. The Morgan fingerprint density at radius 3 is 2.70 bits per heavy atom. The van der Waals surface area contributed by atoms with E-state index in [4.69, 9.17) is 0 Å². The molecule has 6 nitrogen and oxygen atoms in total. The van der Waals surface area contributed by atoms with Crippen LogP contribution >= 0.6 is 11.3 Å². The average molecular weight is 312 g/mol. The zero-order valence-electron chi connectivity index (χ0n) is 10.6. The number of hydrogen-bond donors (Lipinski definition) is 1. The summed E-state index contributed by atoms with van der Waals surface area (Å²) >= 11 is 0.873. The van der Waals surface area contributed by atoms with Crippen LogP contribution in [0.15, 0.2) is 40.1 Å². The lowest BCUT2D eigenvalue weighted by Crippen LogP contribution is -2.24. The molecule has 0 aliphatic heterocycles. The van der Waals surface area contributed by atoms with Crippen LogP contribution in [0.1, 0.15) is 16.1 Å². The third-order valence-corrected chi connectivity index (χ3v) is 5.24. The van der Waals surface area contributed by atoms with Crippen molar-refractivity contribution in [2.75, 3.05) is 7.11 Å². The van der Waals surface area contributed by atoms with E-state index in [2.05, 4.69) is 14.4 Å². The summed E-state index contributed by atoms with van der Waals surface area (Å²) in [6.45, 7) is 0.141. The van der Waals surface area contributed by atoms with Crippen LogP contribution in [-0.4, -0.2) is 26.5 Å². The summed E-state index contributed by atoms with van der Waals surface area (Å²) in [5, 5.41) is 0. The normalized spacial score (nSPS) is 11.2. The highest BCUT2D eigenvalue weighted by molar-refractivity contribution is 7.91. The van der Waals surface area contributed by atoms with Crippen LogP contribution in [0, 0.1) is 0 Å². The van der Waals surface area contributed by atoms with Crippen LogP contribution < -0.4 is 4.72 Å². The smallest absolute Gasteiger partial charge is 0.358 e. The number of carbonyl (C=O) groups is 1. The molecule has 1 N–H and O–H groups in total. The zero-order valence-corrected chi connectivity index (χ0v) is 12.2. The third kappa shape index (κ3) is 3.21. The highest BCUT2D eigenvalue weighted by Gasteiger charge is 2.26. The van der Waals surface area contributed by atoms with Gasteiger partial charge in [0.15, 0.2) is 9.90 Å². The van der Waals surface area contributed by atoms with E-state index in [-0.39, 0.29) is 16.4 Å². The molecule has 0 spiro atoms. The number of hydrogen-bond acceptors (Lipinski definition) is 6. The lowest BCUT2D eigenvalue weighted by Gasteiger charge is -2.06. The van der Waals surface area contributed by atoms with E-state index in [0.29, 0.717) is 0 Å². The number of ether oxygens (including phenoxy) is 1. The van der Waals surface area contributed by atoms with E-state index < -0.39 is 16.0 Å². The molecule has 0 bridgehead atoms. The van der Waals surface area contributed by atoms with Crippen molar-refractivity contribution in [3.05, 3.63) is 47.1 Å². The molecule has 2 rings (SSSR count). The van der Waals surface area contributed by atoms with Gasteiger partial charge in [-0.25, -0.2) is 22.9 Å². The highest BCUT2D eigenvalue weighted by atomic mass is 32.2. The van der Waals surface area contributed by atoms with Crippen LogP contribution in [0.2, 0.25) is 0 Å². The third-order valence-electron chi connectivity index (χ3n) is 2.47. The Hall–Kier alpha value is -1.77. The molecule has 0 radical (unpaired) electrons. The predicted molar refractivity (Wildman–Crippen MR) is 73.9 cm³/mol. The van der Waals surface area contributed by atoms with Crippen molar-refractivity contribution in [2.24, 2.45) is 0 Å².